The van der Waals surface area contributed by atoms with Crippen molar-refractivity contribution in [2.45, 2.75) is 115 Å². The molecule has 0 radical (unpaired) electrons. The van der Waals surface area contributed by atoms with Crippen LogP contribution in [-0.4, -0.2) is 78.2 Å². The van der Waals surface area contributed by atoms with Crippen molar-refractivity contribution in [2.75, 3.05) is 6.61 Å². The van der Waals surface area contributed by atoms with Gasteiger partial charge in [-0.05, 0) is 131 Å². The summed E-state index contributed by atoms with van der Waals surface area (Å²) in [5, 5.41) is 14.8. The number of rotatable bonds is 7. The average Bonchev–Trinajstić information content (AvgIpc) is 3.96. The molecule has 16 nitrogen and oxygen atoms in total. The maximum atomic E-state index is 16.3. The quantitative estimate of drug-likeness (QED) is 0.166. The Hall–Kier alpha value is -7.21. The molecule has 8 aromatic rings. The number of benzene rings is 3. The fourth-order valence-electron chi connectivity index (χ4n) is 12.3. The average molecular weight is 951 g/mol. The number of aryl methyl sites for hydroxylation is 3. The first-order valence-corrected chi connectivity index (χ1v) is 24.0. The van der Waals surface area contributed by atoms with Crippen LogP contribution >= 0.6 is 0 Å². The minimum Gasteiger partial charge on any atom is -0.376 e. The van der Waals surface area contributed by atoms with E-state index >= 15 is 13.6 Å². The van der Waals surface area contributed by atoms with E-state index in [0.29, 0.717) is 70.4 Å². The lowest BCUT2D eigenvalue weighted by molar-refractivity contribution is -0.122. The van der Waals surface area contributed by atoms with Crippen molar-refractivity contribution in [3.63, 3.8) is 0 Å². The Morgan fingerprint density at radius 3 is 2.37 bits per heavy atom. The van der Waals surface area contributed by atoms with Gasteiger partial charge in [-0.15, -0.1) is 0 Å². The van der Waals surface area contributed by atoms with Gasteiger partial charge in [0.15, 0.2) is 11.6 Å². The summed E-state index contributed by atoms with van der Waals surface area (Å²) in [6, 6.07) is 13.3. The van der Waals surface area contributed by atoms with Crippen LogP contribution in [0.15, 0.2) is 81.2 Å². The number of imidazole rings is 1. The van der Waals surface area contributed by atoms with Gasteiger partial charge in [0.2, 0.25) is 0 Å². The summed E-state index contributed by atoms with van der Waals surface area (Å²) in [6.45, 7) is 12.1. The molecule has 2 unspecified atom stereocenters. The Morgan fingerprint density at radius 1 is 0.914 bits per heavy atom. The van der Waals surface area contributed by atoms with Gasteiger partial charge in [0.05, 0.1) is 45.8 Å². The lowest BCUT2D eigenvalue weighted by atomic mass is 9.75. The van der Waals surface area contributed by atoms with Crippen molar-refractivity contribution >= 4 is 33.5 Å². The van der Waals surface area contributed by atoms with E-state index in [9.17, 15) is 14.4 Å². The first kappa shape index (κ1) is 44.0. The van der Waals surface area contributed by atoms with Crippen molar-refractivity contribution in [3.8, 4) is 17.2 Å². The number of amides is 1. The van der Waals surface area contributed by atoms with Gasteiger partial charge in [0.25, 0.3) is 5.91 Å². The summed E-state index contributed by atoms with van der Waals surface area (Å²) in [4.78, 5) is 62.0. The summed E-state index contributed by atoms with van der Waals surface area (Å²) >= 11 is 0. The molecular weight excluding hydrogens is 899 g/mol. The molecule has 1 saturated heterocycles. The number of hydrogen-bond donors (Lipinski definition) is 1. The molecule has 360 valence electrons. The molecule has 1 N–H and O–H groups in total. The number of fused-ring (bicyclic) bond motifs is 5. The molecule has 5 aromatic heterocycles. The van der Waals surface area contributed by atoms with Crippen LogP contribution in [0.25, 0.3) is 39.0 Å². The van der Waals surface area contributed by atoms with E-state index in [4.69, 9.17) is 14.4 Å². The summed E-state index contributed by atoms with van der Waals surface area (Å²) in [6.07, 6.45) is 7.40. The van der Waals surface area contributed by atoms with E-state index in [2.05, 4.69) is 41.2 Å². The van der Waals surface area contributed by atoms with Crippen LogP contribution in [0.3, 0.4) is 0 Å². The number of ether oxygens (including phenoxy) is 1. The smallest absolute Gasteiger partial charge is 0.376 e. The summed E-state index contributed by atoms with van der Waals surface area (Å²) in [7, 11) is 1.71. The Kier molecular flexibility index (Phi) is 9.68. The van der Waals surface area contributed by atoms with Gasteiger partial charge in [0, 0.05) is 67.3 Å². The van der Waals surface area contributed by atoms with Crippen LogP contribution in [0.1, 0.15) is 128 Å². The van der Waals surface area contributed by atoms with Gasteiger partial charge in [-0.3, -0.25) is 32.9 Å². The first-order valence-electron chi connectivity index (χ1n) is 24.0. The number of aromatic nitrogens is 9. The number of carbonyl (C=O) groups is 2. The molecule has 18 heteroatoms. The van der Waals surface area contributed by atoms with E-state index < -0.39 is 40.8 Å². The van der Waals surface area contributed by atoms with Crippen molar-refractivity contribution in [3.05, 3.63) is 139 Å². The summed E-state index contributed by atoms with van der Waals surface area (Å²) < 4.78 is 50.6. The normalized spacial score (nSPS) is 24.1. The van der Waals surface area contributed by atoms with Gasteiger partial charge in [-0.1, -0.05) is 18.1 Å². The molecule has 70 heavy (non-hydrogen) atoms. The van der Waals surface area contributed by atoms with Crippen molar-refractivity contribution in [2.24, 2.45) is 13.0 Å². The van der Waals surface area contributed by atoms with Crippen LogP contribution in [-0.2, 0) is 22.1 Å². The van der Waals surface area contributed by atoms with Crippen LogP contribution < -0.4 is 11.4 Å². The number of carbonyl (C=O) groups excluding carboxylic acids is 2. The molecular formula is C52H52F2N10O6. The Bertz CT molecular complexity index is 3620. The minimum atomic E-state index is -0.939. The van der Waals surface area contributed by atoms with Gasteiger partial charge >= 0.3 is 11.4 Å². The predicted octanol–water partition coefficient (Wildman–Crippen LogP) is 8.10. The molecule has 0 bridgehead atoms. The molecule has 3 fully saturated rings. The minimum absolute atomic E-state index is 0.0112. The fraction of sp³-hybridized carbons (Fsp3) is 0.404. The highest BCUT2D eigenvalue weighted by Gasteiger charge is 2.60. The van der Waals surface area contributed by atoms with Gasteiger partial charge in [-0.2, -0.15) is 10.2 Å². The van der Waals surface area contributed by atoms with E-state index in [0.717, 1.165) is 29.3 Å². The van der Waals surface area contributed by atoms with Crippen molar-refractivity contribution in [1.82, 2.24) is 48.3 Å². The second kappa shape index (κ2) is 15.4. The summed E-state index contributed by atoms with van der Waals surface area (Å²) in [5.41, 5.74) is 3.35. The van der Waals surface area contributed by atoms with Gasteiger partial charge in [0.1, 0.15) is 28.7 Å². The summed E-state index contributed by atoms with van der Waals surface area (Å²) in [5.74, 6) is -1.73. The predicted molar refractivity (Wildman–Crippen MR) is 254 cm³/mol. The number of H-pyrrole nitrogens is 1. The fourth-order valence-corrected chi connectivity index (χ4v) is 12.3. The molecule has 2 aliphatic heterocycles. The molecule has 6 atom stereocenters. The van der Waals surface area contributed by atoms with Crippen LogP contribution in [0.2, 0.25) is 0 Å². The first-order chi connectivity index (χ1) is 33.5. The zero-order chi connectivity index (χ0) is 48.9. The van der Waals surface area contributed by atoms with Crippen LogP contribution in [0.4, 0.5) is 8.78 Å². The Morgan fingerprint density at radius 2 is 1.66 bits per heavy atom. The van der Waals surface area contributed by atoms with E-state index in [1.807, 2.05) is 30.5 Å². The van der Waals surface area contributed by atoms with E-state index in [1.165, 1.54) is 27.6 Å². The molecule has 2 aliphatic carbocycles. The molecule has 3 aromatic carbocycles. The second-order valence-corrected chi connectivity index (χ2v) is 20.6. The third-order valence-corrected chi connectivity index (χ3v) is 15.8. The number of nitrogens with zero attached hydrogens (tertiary/aromatic N) is 9. The highest BCUT2D eigenvalue weighted by atomic mass is 19.1. The largest absolute Gasteiger partial charge is 0.438 e. The Balaban J connectivity index is 1.06. The third-order valence-electron chi connectivity index (χ3n) is 15.8. The van der Waals surface area contributed by atoms with Crippen LogP contribution in [0.5, 0.6) is 0 Å². The van der Waals surface area contributed by atoms with Gasteiger partial charge in [-0.25, -0.2) is 23.1 Å². The second-order valence-electron chi connectivity index (χ2n) is 20.6. The number of nitrogens with one attached hydrogen (secondary N) is 1. The van der Waals surface area contributed by atoms with Crippen molar-refractivity contribution in [1.29, 1.82) is 0 Å². The zero-order valence-electron chi connectivity index (χ0n) is 39.9. The standard InChI is InChI=1S/C52H52F2N10O6/c1-26-18-33(19-27(2)43(26)53)64-46(61-16-15-60(50(61)68)39-13-12-38-36(44(39)54)25-55-59(38)7)42-29(4)62(40-22-34(65)9-10-35(40)45(42)57-64)47(66)41-21-32-20-30(31-14-17-69-51(5,6)24-31)8-11-37(32)63(41)52(23-28(52)3)48-56-49(67)70-58-48/h8,11-13,15-16,18-21,25,28-29,31,35,40H,9-10,14,17,22-24H2,1-7H3,(H,56,58,67)/t28-,29-,31-,35?,40?,52-/m0/s1. The molecule has 12 rings (SSSR count). The molecule has 1 amide bonds. The number of aromatic amines is 1. The van der Waals surface area contributed by atoms with Gasteiger partial charge < -0.3 is 14.2 Å². The highest BCUT2D eigenvalue weighted by Crippen LogP contribution is 2.57. The topological polar surface area (TPSA) is 173 Å². The molecule has 0 spiro atoms. The van der Waals surface area contributed by atoms with E-state index in [-0.39, 0.29) is 58.9 Å². The maximum Gasteiger partial charge on any atom is 0.438 e. The number of ketones is 1. The Labute approximate surface area is 399 Å². The monoisotopic (exact) mass is 950 g/mol. The number of halogens is 2. The van der Waals surface area contributed by atoms with E-state index in [1.54, 1.807) is 59.6 Å². The molecule has 2 saturated carbocycles. The SMILES string of the molecule is Cc1cc(-n2nc3c(c2-n2ccn(-c4ccc5c(cnn5C)c4F)c2=O)[C@H](C)N(C(=O)c2cc4cc([C@H]5CCOC(C)(C)C5)ccc4n2[C@@]2(c4noc(=O)[nH]4)C[C@@H]2C)C2CC(=O)CCC32)cc(C)c1F. The molecule has 4 aliphatic rings. The molecule has 7 heterocycles. The van der Waals surface area contributed by atoms with Crippen molar-refractivity contribution < 1.29 is 27.6 Å². The highest BCUT2D eigenvalue weighted by molar-refractivity contribution is 6.00. The lowest BCUT2D eigenvalue weighted by Gasteiger charge is -2.46. The lowest BCUT2D eigenvalue weighted by Crippen LogP contribution is -2.52. The van der Waals surface area contributed by atoms with Crippen LogP contribution in [0, 0.1) is 31.4 Å². The number of hydrogen-bond acceptors (Lipinski definition) is 9. The zero-order valence-corrected chi connectivity index (χ0v) is 39.9. The maximum absolute atomic E-state index is 16.3. The number of Topliss-reactive ketones (excluding diaryl/α,β-unsaturated/α-hetero) is 1. The third kappa shape index (κ3) is 6.43.